The Kier molecular flexibility index (Phi) is 9.02. The zero-order valence-corrected chi connectivity index (χ0v) is 27.3. The number of amides is 1. The molecule has 0 aromatic heterocycles. The number of methoxy groups -OCH3 is 1. The van der Waals surface area contributed by atoms with Crippen LogP contribution in [0.2, 0.25) is 0 Å². The lowest BCUT2D eigenvalue weighted by Crippen LogP contribution is -2.74. The maximum absolute atomic E-state index is 14.2. The number of carbonyl (C=O) groups is 5. The number of hydrogen-bond donors (Lipinski definition) is 4. The SMILES string of the molecule is COc1ccc(-c2ccc(O)c3c2C[C@H]2C[C@H]4[C@H](N(C)C)C(=O)C(C(N)=O)C(=O)[C@@]4(O)C(=O)C2C3=O)cc1CN1CCN(CCO)CC1. The molecular formula is C35H42N4O9. The Balaban J connectivity index is 1.37. The van der Waals surface area contributed by atoms with Crippen molar-refractivity contribution in [1.82, 2.24) is 14.7 Å². The number of phenols is 1. The molecule has 3 aliphatic carbocycles. The minimum atomic E-state index is -2.77. The van der Waals surface area contributed by atoms with E-state index in [0.717, 1.165) is 37.3 Å². The normalized spacial score (nSPS) is 29.4. The van der Waals surface area contributed by atoms with Crippen molar-refractivity contribution in [3.63, 3.8) is 0 Å². The van der Waals surface area contributed by atoms with Gasteiger partial charge in [-0.25, -0.2) is 0 Å². The van der Waals surface area contributed by atoms with Gasteiger partial charge in [0.1, 0.15) is 11.5 Å². The first-order chi connectivity index (χ1) is 22.8. The summed E-state index contributed by atoms with van der Waals surface area (Å²) < 4.78 is 5.68. The Morgan fingerprint density at radius 3 is 2.35 bits per heavy atom. The standard InChI is InChI=1S/C35H42N4O9/c1-37(2)29-23-16-19-15-22-21(18-4-7-25(48-3)20(14-18)17-39-10-8-38(9-11-39)12-13-40)5-6-24(41)27(22)30(42)26(19)32(44)35(23,47)33(45)28(31(29)43)34(36)46/h4-7,14,19,23,26,28-29,40-41,47H,8-13,15-17H2,1-3H3,(H2,36,46)/t19-,23-,26?,28?,29-,35-/m0/s1. The average molecular weight is 663 g/mol. The number of aliphatic hydroxyl groups excluding tert-OH is 1. The third kappa shape index (κ3) is 5.34. The molecule has 13 nitrogen and oxygen atoms in total. The number of benzene rings is 2. The van der Waals surface area contributed by atoms with Gasteiger partial charge in [0.25, 0.3) is 0 Å². The second-order valence-electron chi connectivity index (χ2n) is 13.6. The Labute approximate surface area is 278 Å². The number of ketones is 4. The molecule has 0 radical (unpaired) electrons. The highest BCUT2D eigenvalue weighted by molar-refractivity contribution is 6.32. The van der Waals surface area contributed by atoms with E-state index in [1.807, 2.05) is 18.2 Å². The number of ether oxygens (including phenoxy) is 1. The lowest BCUT2D eigenvalue weighted by atomic mass is 9.52. The smallest absolute Gasteiger partial charge is 0.235 e. The number of aromatic hydroxyl groups is 1. The number of β-amino-alcohol motifs (C(OH)–C–C–N with tert-alkyl or cyclic N) is 1. The lowest BCUT2D eigenvalue weighted by Gasteiger charge is -2.52. The summed E-state index contributed by atoms with van der Waals surface area (Å²) in [5, 5.41) is 32.1. The van der Waals surface area contributed by atoms with Crippen LogP contribution in [0.4, 0.5) is 0 Å². The molecule has 256 valence electrons. The molecule has 1 heterocycles. The van der Waals surface area contributed by atoms with Crippen molar-refractivity contribution in [3.05, 3.63) is 47.0 Å². The van der Waals surface area contributed by atoms with E-state index in [-0.39, 0.29) is 30.8 Å². The molecule has 0 bridgehead atoms. The predicted molar refractivity (Wildman–Crippen MR) is 172 cm³/mol. The van der Waals surface area contributed by atoms with Crippen LogP contribution in [0, 0.1) is 23.7 Å². The van der Waals surface area contributed by atoms with Gasteiger partial charge in [-0.2, -0.15) is 0 Å². The van der Waals surface area contributed by atoms with Crippen LogP contribution in [0.5, 0.6) is 11.5 Å². The van der Waals surface area contributed by atoms with E-state index in [2.05, 4.69) is 9.80 Å². The fraction of sp³-hybridized carbons (Fsp3) is 0.514. The number of likely N-dealkylation sites (N-methyl/N-ethyl adjacent to an activating group) is 1. The molecule has 1 amide bonds. The van der Waals surface area contributed by atoms with Crippen molar-refractivity contribution in [3.8, 4) is 22.6 Å². The van der Waals surface area contributed by atoms with Crippen LogP contribution in [-0.2, 0) is 32.1 Å². The zero-order valence-electron chi connectivity index (χ0n) is 27.3. The summed E-state index contributed by atoms with van der Waals surface area (Å²) in [5.74, 6) is -10.1. The maximum Gasteiger partial charge on any atom is 0.235 e. The number of primary amides is 1. The summed E-state index contributed by atoms with van der Waals surface area (Å²) in [6.07, 6.45) is 0.152. The van der Waals surface area contributed by atoms with Crippen LogP contribution in [0.1, 0.15) is 27.9 Å². The van der Waals surface area contributed by atoms with Crippen LogP contribution in [0.15, 0.2) is 30.3 Å². The molecule has 2 unspecified atom stereocenters. The van der Waals surface area contributed by atoms with Crippen molar-refractivity contribution in [2.24, 2.45) is 29.4 Å². The highest BCUT2D eigenvalue weighted by atomic mass is 16.5. The number of nitrogens with two attached hydrogens (primary N) is 1. The molecule has 5 N–H and O–H groups in total. The number of nitrogens with zero attached hydrogens (tertiary/aromatic N) is 3. The van der Waals surface area contributed by atoms with Gasteiger partial charge in [0.2, 0.25) is 5.91 Å². The van der Waals surface area contributed by atoms with Gasteiger partial charge < -0.3 is 25.8 Å². The molecule has 1 aliphatic heterocycles. The zero-order chi connectivity index (χ0) is 34.7. The number of fused-ring (bicyclic) bond motifs is 3. The largest absolute Gasteiger partial charge is 0.507 e. The van der Waals surface area contributed by atoms with Crippen LogP contribution in [0.25, 0.3) is 11.1 Å². The molecular weight excluding hydrogens is 620 g/mol. The average Bonchev–Trinajstić information content (AvgIpc) is 3.03. The third-order valence-electron chi connectivity index (χ3n) is 10.8. The second-order valence-corrected chi connectivity index (χ2v) is 13.6. The Morgan fingerprint density at radius 1 is 1.04 bits per heavy atom. The minimum Gasteiger partial charge on any atom is -0.507 e. The van der Waals surface area contributed by atoms with Crippen molar-refractivity contribution in [2.45, 2.75) is 31.0 Å². The summed E-state index contributed by atoms with van der Waals surface area (Å²) in [6, 6.07) is 7.70. The second kappa shape index (κ2) is 12.8. The van der Waals surface area contributed by atoms with Gasteiger partial charge in [-0.1, -0.05) is 12.1 Å². The van der Waals surface area contributed by atoms with Crippen molar-refractivity contribution in [2.75, 3.05) is 60.5 Å². The molecule has 2 saturated carbocycles. The summed E-state index contributed by atoms with van der Waals surface area (Å²) in [4.78, 5) is 73.4. The molecule has 6 rings (SSSR count). The van der Waals surface area contributed by atoms with E-state index < -0.39 is 64.4 Å². The molecule has 48 heavy (non-hydrogen) atoms. The summed E-state index contributed by atoms with van der Waals surface area (Å²) in [5.41, 5.74) is 5.54. The quantitative estimate of drug-likeness (QED) is 0.269. The van der Waals surface area contributed by atoms with Crippen molar-refractivity contribution < 1.29 is 44.0 Å². The van der Waals surface area contributed by atoms with Crippen LogP contribution in [0.3, 0.4) is 0 Å². The monoisotopic (exact) mass is 662 g/mol. The first-order valence-corrected chi connectivity index (χ1v) is 16.3. The summed E-state index contributed by atoms with van der Waals surface area (Å²) in [7, 11) is 4.72. The number of phenolic OH excluding ortho intramolecular Hbond substituents is 1. The summed E-state index contributed by atoms with van der Waals surface area (Å²) in [6.45, 7) is 4.69. The molecule has 2 aromatic carbocycles. The van der Waals surface area contributed by atoms with E-state index in [4.69, 9.17) is 10.5 Å². The van der Waals surface area contributed by atoms with E-state index in [9.17, 15) is 39.3 Å². The first kappa shape index (κ1) is 33.9. The number of hydrogen-bond acceptors (Lipinski definition) is 12. The Bertz CT molecular complexity index is 1680. The molecule has 2 aromatic rings. The highest BCUT2D eigenvalue weighted by Crippen LogP contribution is 2.52. The summed E-state index contributed by atoms with van der Waals surface area (Å²) >= 11 is 0. The van der Waals surface area contributed by atoms with Gasteiger partial charge in [0, 0.05) is 50.7 Å². The number of Topliss-reactive ketones (excluding diaryl/α,β-unsaturated/α-hetero) is 4. The minimum absolute atomic E-state index is 0.0187. The van der Waals surface area contributed by atoms with E-state index in [0.29, 0.717) is 30.0 Å². The fourth-order valence-electron chi connectivity index (χ4n) is 8.50. The van der Waals surface area contributed by atoms with E-state index >= 15 is 0 Å². The fourth-order valence-corrected chi connectivity index (χ4v) is 8.50. The lowest BCUT2D eigenvalue weighted by molar-refractivity contribution is -0.181. The maximum atomic E-state index is 14.2. The Hall–Kier alpha value is -4.01. The third-order valence-corrected chi connectivity index (χ3v) is 10.8. The highest BCUT2D eigenvalue weighted by Gasteiger charge is 2.69. The van der Waals surface area contributed by atoms with Crippen LogP contribution in [-0.4, -0.2) is 131 Å². The molecule has 3 fully saturated rings. The topological polar surface area (TPSA) is 191 Å². The van der Waals surface area contributed by atoms with Crippen molar-refractivity contribution >= 4 is 29.0 Å². The molecule has 4 aliphatic rings. The molecule has 1 saturated heterocycles. The first-order valence-electron chi connectivity index (χ1n) is 16.3. The molecule has 6 atom stereocenters. The van der Waals surface area contributed by atoms with Gasteiger partial charge in [-0.15, -0.1) is 0 Å². The number of carbonyl (C=O) groups excluding carboxylic acids is 5. The van der Waals surface area contributed by atoms with E-state index in [1.54, 1.807) is 27.3 Å². The van der Waals surface area contributed by atoms with Gasteiger partial charge in [0.15, 0.2) is 34.7 Å². The van der Waals surface area contributed by atoms with Crippen molar-refractivity contribution in [1.29, 1.82) is 0 Å². The van der Waals surface area contributed by atoms with Crippen LogP contribution < -0.4 is 10.5 Å². The molecule has 0 spiro atoms. The number of rotatable bonds is 8. The number of aliphatic hydroxyl groups is 2. The van der Waals surface area contributed by atoms with E-state index in [1.165, 1.54) is 11.0 Å². The number of piperazine rings is 1. The van der Waals surface area contributed by atoms with Gasteiger partial charge >= 0.3 is 0 Å². The van der Waals surface area contributed by atoms with Gasteiger partial charge in [0.05, 0.1) is 31.2 Å². The Morgan fingerprint density at radius 2 is 1.73 bits per heavy atom. The van der Waals surface area contributed by atoms with Gasteiger partial charge in [-0.05, 0) is 67.7 Å². The van der Waals surface area contributed by atoms with Crippen LogP contribution >= 0.6 is 0 Å². The predicted octanol–water partition coefficient (Wildman–Crippen LogP) is -0.347. The molecule has 13 heteroatoms. The van der Waals surface area contributed by atoms with Gasteiger partial charge in [-0.3, -0.25) is 38.7 Å².